The van der Waals surface area contributed by atoms with E-state index in [1.165, 1.54) is 25.6 Å². The summed E-state index contributed by atoms with van der Waals surface area (Å²) in [4.78, 5) is 31.5. The maximum atomic E-state index is 15.3. The number of halogens is 2. The van der Waals surface area contributed by atoms with Gasteiger partial charge in [-0.25, -0.2) is 18.0 Å². The normalized spacial score (nSPS) is 13.1. The van der Waals surface area contributed by atoms with Crippen molar-refractivity contribution in [2.45, 2.75) is 25.9 Å². The fourth-order valence-corrected chi connectivity index (χ4v) is 4.11. The average molecular weight is 480 g/mol. The number of H-pyrrole nitrogens is 1. The van der Waals surface area contributed by atoms with E-state index >= 15 is 4.39 Å². The third-order valence-electron chi connectivity index (χ3n) is 5.02. The van der Waals surface area contributed by atoms with Crippen molar-refractivity contribution in [1.29, 1.82) is 0 Å². The zero-order chi connectivity index (χ0) is 24.3. The predicted molar refractivity (Wildman–Crippen MR) is 118 cm³/mol. The number of amides is 1. The molecule has 2 atom stereocenters. The van der Waals surface area contributed by atoms with Gasteiger partial charge in [-0.3, -0.25) is 18.4 Å². The maximum Gasteiger partial charge on any atom is 0.261 e. The van der Waals surface area contributed by atoms with Gasteiger partial charge in [0.2, 0.25) is 11.7 Å². The minimum absolute atomic E-state index is 0.0118. The van der Waals surface area contributed by atoms with Crippen molar-refractivity contribution in [2.75, 3.05) is 18.0 Å². The zero-order valence-electron chi connectivity index (χ0n) is 17.8. The number of hydrogen-bond acceptors (Lipinski definition) is 5. The number of fused-ring (bicyclic) bond motifs is 1. The molecular formula is C21H22F2N4O5S. The molecular weight excluding hydrogens is 458 g/mol. The van der Waals surface area contributed by atoms with E-state index in [0.717, 1.165) is 16.4 Å². The Balaban J connectivity index is 2.11. The van der Waals surface area contributed by atoms with Gasteiger partial charge in [0, 0.05) is 42.6 Å². The molecule has 12 heteroatoms. The first kappa shape index (κ1) is 24.4. The molecule has 0 saturated heterocycles. The molecule has 0 saturated carbocycles. The second-order valence-corrected chi connectivity index (χ2v) is 8.08. The minimum Gasteiger partial charge on any atom is -0.376 e. The smallest absolute Gasteiger partial charge is 0.261 e. The van der Waals surface area contributed by atoms with Crippen molar-refractivity contribution >= 4 is 39.7 Å². The third-order valence-corrected chi connectivity index (χ3v) is 5.78. The fraction of sp³-hybridized carbons (Fsp3) is 0.286. The quantitative estimate of drug-likeness (QED) is 0.301. The van der Waals surface area contributed by atoms with Crippen LogP contribution in [0.3, 0.4) is 0 Å². The van der Waals surface area contributed by atoms with Crippen molar-refractivity contribution in [3.63, 3.8) is 0 Å². The topological polar surface area (TPSA) is 139 Å². The van der Waals surface area contributed by atoms with Crippen molar-refractivity contribution in [3.8, 4) is 0 Å². The Bertz CT molecular complexity index is 1230. The highest BCUT2D eigenvalue weighted by Gasteiger charge is 2.28. The van der Waals surface area contributed by atoms with Crippen LogP contribution < -0.4 is 10.0 Å². The van der Waals surface area contributed by atoms with Crippen LogP contribution in [0.2, 0.25) is 0 Å². The van der Waals surface area contributed by atoms with E-state index < -0.39 is 46.3 Å². The van der Waals surface area contributed by atoms with Crippen molar-refractivity contribution in [2.24, 2.45) is 5.73 Å². The first-order valence-corrected chi connectivity index (χ1v) is 10.9. The lowest BCUT2D eigenvalue weighted by molar-refractivity contribution is -0.120. The molecule has 1 aromatic carbocycles. The SMILES string of the molecule is CCCN(c1ccc(F)c(C(=O)c2c[nH]c3ncc(C(CC(N)=O)OC)cc23)c1F)S(=O)O. The lowest BCUT2D eigenvalue weighted by Crippen LogP contribution is -2.27. The Morgan fingerprint density at radius 3 is 2.70 bits per heavy atom. The monoisotopic (exact) mass is 480 g/mol. The van der Waals surface area contributed by atoms with Crippen molar-refractivity contribution < 1.29 is 31.9 Å². The van der Waals surface area contributed by atoms with Crippen LogP contribution >= 0.6 is 0 Å². The van der Waals surface area contributed by atoms with Gasteiger partial charge < -0.3 is 15.5 Å². The average Bonchev–Trinajstić information content (AvgIpc) is 3.19. The molecule has 3 rings (SSSR count). The molecule has 3 aromatic rings. The molecule has 2 unspecified atom stereocenters. The Labute approximate surface area is 190 Å². The number of aromatic nitrogens is 2. The number of nitrogens with zero attached hydrogens (tertiary/aromatic N) is 2. The first-order chi connectivity index (χ1) is 15.7. The van der Waals surface area contributed by atoms with E-state index in [0.29, 0.717) is 12.0 Å². The molecule has 0 fully saturated rings. The number of nitrogens with two attached hydrogens (primary N) is 1. The summed E-state index contributed by atoms with van der Waals surface area (Å²) < 4.78 is 57.1. The Morgan fingerprint density at radius 2 is 2.09 bits per heavy atom. The lowest BCUT2D eigenvalue weighted by Gasteiger charge is -2.21. The number of pyridine rings is 1. The van der Waals surface area contributed by atoms with E-state index in [9.17, 15) is 22.7 Å². The van der Waals surface area contributed by atoms with E-state index in [1.54, 1.807) is 6.92 Å². The Kier molecular flexibility index (Phi) is 7.51. The van der Waals surface area contributed by atoms with Gasteiger partial charge in [-0.15, -0.1) is 0 Å². The highest BCUT2D eigenvalue weighted by molar-refractivity contribution is 7.80. The molecule has 9 nitrogen and oxygen atoms in total. The van der Waals surface area contributed by atoms with Crippen LogP contribution in [0.5, 0.6) is 0 Å². The van der Waals surface area contributed by atoms with Crippen LogP contribution in [0, 0.1) is 11.6 Å². The standard InChI is InChI=1S/C21H22F2N4O5S/c1-3-6-27(33(30)31)15-5-4-14(22)18(19(15)23)20(29)13-10-26-21-12(13)7-11(9-25-21)16(32-2)8-17(24)28/h4-5,7,9-10,16H,3,6,8H2,1-2H3,(H2,24,28)(H,25,26)(H,30,31). The number of nitrogens with one attached hydrogen (secondary N) is 1. The predicted octanol–water partition coefficient (Wildman–Crippen LogP) is 2.99. The number of rotatable bonds is 10. The van der Waals surface area contributed by atoms with E-state index in [1.807, 2.05) is 0 Å². The fourth-order valence-electron chi connectivity index (χ4n) is 3.47. The summed E-state index contributed by atoms with van der Waals surface area (Å²) in [5.74, 6) is -3.96. The lowest BCUT2D eigenvalue weighted by atomic mass is 9.99. The first-order valence-electron chi connectivity index (χ1n) is 9.88. The molecule has 0 aliphatic heterocycles. The highest BCUT2D eigenvalue weighted by Crippen LogP contribution is 2.31. The molecule has 0 bridgehead atoms. The van der Waals surface area contributed by atoms with Gasteiger partial charge in [0.25, 0.3) is 11.3 Å². The minimum atomic E-state index is -2.57. The van der Waals surface area contributed by atoms with Gasteiger partial charge >= 0.3 is 0 Å². The van der Waals surface area contributed by atoms with E-state index in [4.69, 9.17) is 10.5 Å². The third kappa shape index (κ3) is 4.92. The number of hydrogen-bond donors (Lipinski definition) is 3. The molecule has 1 amide bonds. The molecule has 4 N–H and O–H groups in total. The van der Waals surface area contributed by atoms with Crippen LogP contribution in [0.15, 0.2) is 30.6 Å². The van der Waals surface area contributed by atoms with Crippen LogP contribution in [0.4, 0.5) is 14.5 Å². The Hall–Kier alpha value is -3.22. The molecule has 33 heavy (non-hydrogen) atoms. The number of ether oxygens (including phenoxy) is 1. The number of primary amides is 1. The molecule has 0 radical (unpaired) electrons. The zero-order valence-corrected chi connectivity index (χ0v) is 18.6. The van der Waals surface area contributed by atoms with Crippen LogP contribution in [0.25, 0.3) is 11.0 Å². The van der Waals surface area contributed by atoms with Crippen molar-refractivity contribution in [1.82, 2.24) is 9.97 Å². The summed E-state index contributed by atoms with van der Waals surface area (Å²) >= 11 is -2.57. The van der Waals surface area contributed by atoms with Crippen LogP contribution in [0.1, 0.15) is 47.4 Å². The number of benzene rings is 1. The second kappa shape index (κ2) is 10.1. The van der Waals surface area contributed by atoms with Gasteiger partial charge in [-0.2, -0.15) is 0 Å². The van der Waals surface area contributed by atoms with E-state index in [2.05, 4.69) is 9.97 Å². The second-order valence-electron chi connectivity index (χ2n) is 7.18. The summed E-state index contributed by atoms with van der Waals surface area (Å²) in [5, 5.41) is 0.254. The van der Waals surface area contributed by atoms with Gasteiger partial charge in [0.1, 0.15) is 11.5 Å². The molecule has 2 heterocycles. The molecule has 0 spiro atoms. The van der Waals surface area contributed by atoms with Gasteiger partial charge in [-0.1, -0.05) is 6.92 Å². The van der Waals surface area contributed by atoms with Crippen LogP contribution in [-0.4, -0.2) is 44.1 Å². The maximum absolute atomic E-state index is 15.3. The Morgan fingerprint density at radius 1 is 1.36 bits per heavy atom. The molecule has 2 aromatic heterocycles. The molecule has 0 aliphatic carbocycles. The largest absolute Gasteiger partial charge is 0.376 e. The summed E-state index contributed by atoms with van der Waals surface area (Å²) in [6, 6.07) is 3.40. The summed E-state index contributed by atoms with van der Waals surface area (Å²) in [6.07, 6.45) is 2.25. The number of carbonyl (C=O) groups is 2. The number of ketones is 1. The number of aromatic amines is 1. The number of carbonyl (C=O) groups excluding carboxylic acids is 2. The van der Waals surface area contributed by atoms with Gasteiger partial charge in [0.15, 0.2) is 5.82 Å². The summed E-state index contributed by atoms with van der Waals surface area (Å²) in [6.45, 7) is 1.73. The number of methoxy groups -OCH3 is 1. The van der Waals surface area contributed by atoms with Crippen molar-refractivity contribution in [3.05, 3.63) is 58.9 Å². The van der Waals surface area contributed by atoms with Gasteiger partial charge in [-0.05, 0) is 24.6 Å². The number of anilines is 1. The summed E-state index contributed by atoms with van der Waals surface area (Å²) in [7, 11) is 1.38. The molecule has 176 valence electrons. The molecule has 0 aliphatic rings. The van der Waals surface area contributed by atoms with E-state index in [-0.39, 0.29) is 35.2 Å². The summed E-state index contributed by atoms with van der Waals surface area (Å²) in [5.41, 5.74) is 4.64. The van der Waals surface area contributed by atoms with Crippen LogP contribution in [-0.2, 0) is 20.8 Å². The van der Waals surface area contributed by atoms with Gasteiger partial charge in [0.05, 0.1) is 23.8 Å². The highest BCUT2D eigenvalue weighted by atomic mass is 32.2.